The lowest BCUT2D eigenvalue weighted by atomic mass is 9.89. The third-order valence-corrected chi connectivity index (χ3v) is 6.24. The molecule has 0 aliphatic carbocycles. The Balaban J connectivity index is 1.53. The lowest BCUT2D eigenvalue weighted by Gasteiger charge is -2.21. The first-order valence-corrected chi connectivity index (χ1v) is 11.8. The van der Waals surface area contributed by atoms with Crippen molar-refractivity contribution in [1.29, 1.82) is 0 Å². The van der Waals surface area contributed by atoms with Crippen LogP contribution in [-0.4, -0.2) is 32.6 Å². The van der Waals surface area contributed by atoms with Gasteiger partial charge in [-0.05, 0) is 49.2 Å². The largest absolute Gasteiger partial charge is 0.486 e. The molecule has 10 heteroatoms. The Morgan fingerprint density at radius 1 is 1.17 bits per heavy atom. The number of nitrogens with one attached hydrogen (secondary N) is 2. The van der Waals surface area contributed by atoms with Crippen molar-refractivity contribution < 1.29 is 9.53 Å². The van der Waals surface area contributed by atoms with Crippen molar-refractivity contribution in [1.82, 2.24) is 20.2 Å². The van der Waals surface area contributed by atoms with Crippen molar-refractivity contribution in [2.75, 3.05) is 11.9 Å². The second-order valence-corrected chi connectivity index (χ2v) is 9.90. The van der Waals surface area contributed by atoms with E-state index >= 15 is 0 Å². The molecule has 0 spiro atoms. The van der Waals surface area contributed by atoms with Crippen LogP contribution >= 0.6 is 23.2 Å². The number of nitrogens with zero attached hydrogens (tertiary/aromatic N) is 3. The maximum absolute atomic E-state index is 12.3. The van der Waals surface area contributed by atoms with E-state index in [9.17, 15) is 4.79 Å². The van der Waals surface area contributed by atoms with Gasteiger partial charge in [0.25, 0.3) is 0 Å². The summed E-state index contributed by atoms with van der Waals surface area (Å²) in [7, 11) is 0. The van der Waals surface area contributed by atoms with Crippen LogP contribution in [0.4, 0.5) is 5.82 Å². The predicted molar refractivity (Wildman–Crippen MR) is 139 cm³/mol. The second kappa shape index (κ2) is 10.2. The SMILES string of the molecule is C[C@@H](Oc1ccc2[nH]nc(-c3ccc(NC(=O)CC(C)(C)CN)nc3)c2c1)c1c(Cl)cncc1Cl. The number of ether oxygens (including phenoxy) is 1. The summed E-state index contributed by atoms with van der Waals surface area (Å²) in [6.45, 7) is 6.20. The summed E-state index contributed by atoms with van der Waals surface area (Å²) in [4.78, 5) is 20.7. The van der Waals surface area contributed by atoms with Gasteiger partial charge in [0.1, 0.15) is 23.4 Å². The molecule has 0 saturated heterocycles. The van der Waals surface area contributed by atoms with Crippen LogP contribution in [0.5, 0.6) is 5.75 Å². The van der Waals surface area contributed by atoms with Gasteiger partial charge in [-0.2, -0.15) is 5.10 Å². The summed E-state index contributed by atoms with van der Waals surface area (Å²) in [6, 6.07) is 9.25. The number of aromatic amines is 1. The number of nitrogens with two attached hydrogens (primary N) is 1. The van der Waals surface area contributed by atoms with E-state index in [1.807, 2.05) is 45.0 Å². The van der Waals surface area contributed by atoms with Crippen molar-refractivity contribution in [2.24, 2.45) is 11.1 Å². The van der Waals surface area contributed by atoms with Crippen LogP contribution in [0.2, 0.25) is 10.0 Å². The number of benzene rings is 1. The van der Waals surface area contributed by atoms with Gasteiger partial charge >= 0.3 is 0 Å². The summed E-state index contributed by atoms with van der Waals surface area (Å²) in [5, 5.41) is 12.1. The van der Waals surface area contributed by atoms with Gasteiger partial charge in [0.2, 0.25) is 5.91 Å². The Morgan fingerprint density at radius 2 is 1.91 bits per heavy atom. The lowest BCUT2D eigenvalue weighted by Crippen LogP contribution is -2.29. The zero-order valence-electron chi connectivity index (χ0n) is 19.6. The molecule has 0 saturated carbocycles. The van der Waals surface area contributed by atoms with Crippen LogP contribution in [-0.2, 0) is 4.79 Å². The minimum absolute atomic E-state index is 0.128. The van der Waals surface area contributed by atoms with Crippen LogP contribution in [0, 0.1) is 5.41 Å². The molecule has 8 nitrogen and oxygen atoms in total. The zero-order chi connectivity index (χ0) is 25.2. The Hall–Kier alpha value is -3.20. The number of hydrogen-bond donors (Lipinski definition) is 3. The first-order chi connectivity index (χ1) is 16.7. The van der Waals surface area contributed by atoms with Crippen LogP contribution < -0.4 is 15.8 Å². The van der Waals surface area contributed by atoms with E-state index in [1.165, 1.54) is 12.4 Å². The maximum atomic E-state index is 12.3. The highest BCUT2D eigenvalue weighted by atomic mass is 35.5. The summed E-state index contributed by atoms with van der Waals surface area (Å²) < 4.78 is 6.13. The number of amides is 1. The fraction of sp³-hybridized carbons (Fsp3) is 0.280. The molecule has 0 fully saturated rings. The minimum Gasteiger partial charge on any atom is -0.486 e. The van der Waals surface area contributed by atoms with Gasteiger partial charge in [0.15, 0.2) is 0 Å². The van der Waals surface area contributed by atoms with Crippen molar-refractivity contribution in [3.63, 3.8) is 0 Å². The fourth-order valence-corrected chi connectivity index (χ4v) is 4.33. The Bertz CT molecular complexity index is 1330. The molecule has 3 heterocycles. The first-order valence-electron chi connectivity index (χ1n) is 11.1. The van der Waals surface area contributed by atoms with Crippen LogP contribution in [0.25, 0.3) is 22.2 Å². The normalized spacial score (nSPS) is 12.5. The number of fused-ring (bicyclic) bond motifs is 1. The summed E-state index contributed by atoms with van der Waals surface area (Å²) in [6.07, 6.45) is 4.68. The summed E-state index contributed by atoms with van der Waals surface area (Å²) >= 11 is 12.6. The van der Waals surface area contributed by atoms with Crippen molar-refractivity contribution in [2.45, 2.75) is 33.3 Å². The van der Waals surface area contributed by atoms with Crippen molar-refractivity contribution >= 4 is 45.8 Å². The second-order valence-electron chi connectivity index (χ2n) is 9.08. The molecular formula is C25H26Cl2N6O2. The molecular weight excluding hydrogens is 487 g/mol. The van der Waals surface area contributed by atoms with Gasteiger partial charge in [0.05, 0.1) is 15.6 Å². The van der Waals surface area contributed by atoms with Gasteiger partial charge < -0.3 is 15.8 Å². The standard InChI is InChI=1S/C25H26Cl2N6O2/c1-14(23-18(26)11-29-12-19(23)27)35-16-5-6-20-17(8-16)24(33-32-20)15-4-7-21(30-10-15)31-22(34)9-25(2,3)13-28/h4-8,10-12,14H,9,13,28H2,1-3H3,(H,32,33)(H,30,31,34)/t14-/m1/s1. The minimum atomic E-state index is -0.389. The highest BCUT2D eigenvalue weighted by Crippen LogP contribution is 2.34. The number of aromatic nitrogens is 4. The molecule has 4 aromatic rings. The molecule has 1 atom stereocenters. The number of carbonyl (C=O) groups is 1. The van der Waals surface area contributed by atoms with Gasteiger partial charge in [-0.15, -0.1) is 0 Å². The van der Waals surface area contributed by atoms with E-state index in [1.54, 1.807) is 12.3 Å². The average molecular weight is 513 g/mol. The topological polar surface area (TPSA) is 119 Å². The molecule has 1 aromatic carbocycles. The zero-order valence-corrected chi connectivity index (χ0v) is 21.1. The van der Waals surface area contributed by atoms with E-state index < -0.39 is 0 Å². The van der Waals surface area contributed by atoms with E-state index in [-0.39, 0.29) is 17.4 Å². The molecule has 0 unspecified atom stereocenters. The van der Waals surface area contributed by atoms with Gasteiger partial charge in [-0.3, -0.25) is 14.9 Å². The predicted octanol–water partition coefficient (Wildman–Crippen LogP) is 5.78. The number of hydrogen-bond acceptors (Lipinski definition) is 6. The van der Waals surface area contributed by atoms with Crippen molar-refractivity contribution in [3.05, 3.63) is 64.5 Å². The highest BCUT2D eigenvalue weighted by Gasteiger charge is 2.21. The number of carbonyl (C=O) groups excluding carboxylic acids is 1. The maximum Gasteiger partial charge on any atom is 0.226 e. The molecule has 0 radical (unpaired) electrons. The van der Waals surface area contributed by atoms with Crippen LogP contribution in [0.1, 0.15) is 38.9 Å². The summed E-state index contributed by atoms with van der Waals surface area (Å²) in [5.74, 6) is 0.975. The van der Waals surface area contributed by atoms with Gasteiger partial charge in [-0.25, -0.2) is 4.98 Å². The fourth-order valence-electron chi connectivity index (χ4n) is 3.66. The Kier molecular flexibility index (Phi) is 7.25. The number of rotatable bonds is 8. The number of H-pyrrole nitrogens is 1. The monoisotopic (exact) mass is 512 g/mol. The van der Waals surface area contributed by atoms with E-state index in [0.717, 1.165) is 16.5 Å². The Labute approximate surface area is 213 Å². The molecule has 3 aromatic heterocycles. The third kappa shape index (κ3) is 5.73. The third-order valence-electron chi connectivity index (χ3n) is 5.64. The molecule has 4 rings (SSSR count). The number of pyridine rings is 2. The van der Waals surface area contributed by atoms with Crippen LogP contribution in [0.15, 0.2) is 48.9 Å². The van der Waals surface area contributed by atoms with Gasteiger partial charge in [0, 0.05) is 41.5 Å². The molecule has 0 aliphatic heterocycles. The Morgan fingerprint density at radius 3 is 2.57 bits per heavy atom. The van der Waals surface area contributed by atoms with E-state index in [0.29, 0.717) is 45.8 Å². The molecule has 0 aliphatic rings. The number of halogens is 2. The number of anilines is 1. The smallest absolute Gasteiger partial charge is 0.226 e. The van der Waals surface area contributed by atoms with E-state index in [2.05, 4.69) is 25.5 Å². The van der Waals surface area contributed by atoms with Gasteiger partial charge in [-0.1, -0.05) is 37.0 Å². The summed E-state index contributed by atoms with van der Waals surface area (Å²) in [5.41, 5.74) is 8.48. The molecule has 35 heavy (non-hydrogen) atoms. The molecule has 4 N–H and O–H groups in total. The van der Waals surface area contributed by atoms with Crippen molar-refractivity contribution in [3.8, 4) is 17.0 Å². The molecule has 182 valence electrons. The first kappa shape index (κ1) is 24.9. The average Bonchev–Trinajstić information content (AvgIpc) is 3.22. The van der Waals surface area contributed by atoms with E-state index in [4.69, 9.17) is 33.7 Å². The highest BCUT2D eigenvalue weighted by molar-refractivity contribution is 6.35. The quantitative estimate of drug-likeness (QED) is 0.275. The van der Waals surface area contributed by atoms with Crippen LogP contribution in [0.3, 0.4) is 0 Å². The molecule has 0 bridgehead atoms. The lowest BCUT2D eigenvalue weighted by molar-refractivity contribution is -0.117. The molecule has 1 amide bonds.